The van der Waals surface area contributed by atoms with Crippen LogP contribution < -0.4 is 5.32 Å². The molecule has 1 atom stereocenters. The maximum Gasteiger partial charge on any atom is 0.242 e. The second kappa shape index (κ2) is 13.0. The van der Waals surface area contributed by atoms with Crippen LogP contribution >= 0.6 is 35.0 Å². The second-order valence-corrected chi connectivity index (χ2v) is 9.47. The van der Waals surface area contributed by atoms with E-state index in [9.17, 15) is 9.59 Å². The number of amides is 2. The molecule has 0 aromatic heterocycles. The number of rotatable bonds is 11. The lowest BCUT2D eigenvalue weighted by Gasteiger charge is -2.31. The maximum atomic E-state index is 13.2. The van der Waals surface area contributed by atoms with Crippen LogP contribution in [0.5, 0.6) is 0 Å². The smallest absolute Gasteiger partial charge is 0.242 e. The van der Waals surface area contributed by atoms with Gasteiger partial charge in [0, 0.05) is 28.4 Å². The summed E-state index contributed by atoms with van der Waals surface area (Å²) in [4.78, 5) is 27.7. The molecule has 0 saturated heterocycles. The number of carbonyl (C=O) groups excluding carboxylic acids is 2. The lowest BCUT2D eigenvalue weighted by atomic mass is 10.1. The SMILES string of the molecule is CCC(C(=O)NC(C)C)N(CCc1ccccc1)C(=O)CSCc1ccc(Cl)cc1Cl. The minimum Gasteiger partial charge on any atom is -0.352 e. The predicted molar refractivity (Wildman–Crippen MR) is 132 cm³/mol. The van der Waals surface area contributed by atoms with E-state index in [1.807, 2.05) is 57.2 Å². The zero-order valence-corrected chi connectivity index (χ0v) is 20.6. The van der Waals surface area contributed by atoms with Crippen LogP contribution in [0.15, 0.2) is 48.5 Å². The number of thioether (sulfide) groups is 1. The highest BCUT2D eigenvalue weighted by atomic mass is 35.5. The zero-order chi connectivity index (χ0) is 22.8. The zero-order valence-electron chi connectivity index (χ0n) is 18.2. The molecule has 0 heterocycles. The van der Waals surface area contributed by atoms with Crippen LogP contribution in [0.4, 0.5) is 0 Å². The van der Waals surface area contributed by atoms with Gasteiger partial charge in [-0.2, -0.15) is 0 Å². The summed E-state index contributed by atoms with van der Waals surface area (Å²) in [5.74, 6) is 0.726. The summed E-state index contributed by atoms with van der Waals surface area (Å²) >= 11 is 13.7. The van der Waals surface area contributed by atoms with Crippen molar-refractivity contribution in [1.29, 1.82) is 0 Å². The molecule has 0 aliphatic heterocycles. The van der Waals surface area contributed by atoms with Crippen molar-refractivity contribution in [2.75, 3.05) is 12.3 Å². The Morgan fingerprint density at radius 1 is 1.10 bits per heavy atom. The minimum atomic E-state index is -0.488. The molecular formula is C24H30Cl2N2O2S. The first-order valence-electron chi connectivity index (χ1n) is 10.5. The van der Waals surface area contributed by atoms with Gasteiger partial charge in [0.2, 0.25) is 11.8 Å². The van der Waals surface area contributed by atoms with Crippen molar-refractivity contribution < 1.29 is 9.59 Å². The standard InChI is InChI=1S/C24H30Cl2N2O2S/c1-4-22(24(30)27-17(2)3)28(13-12-18-8-6-5-7-9-18)23(29)16-31-15-19-10-11-20(25)14-21(19)26/h5-11,14,17,22H,4,12-13,15-16H2,1-3H3,(H,27,30). The number of nitrogens with zero attached hydrogens (tertiary/aromatic N) is 1. The van der Waals surface area contributed by atoms with Gasteiger partial charge in [-0.25, -0.2) is 0 Å². The fourth-order valence-electron chi connectivity index (χ4n) is 3.25. The Labute approximate surface area is 199 Å². The topological polar surface area (TPSA) is 49.4 Å². The maximum absolute atomic E-state index is 13.2. The van der Waals surface area contributed by atoms with Crippen LogP contribution in [0.1, 0.15) is 38.3 Å². The molecule has 7 heteroatoms. The van der Waals surface area contributed by atoms with Gasteiger partial charge in [0.05, 0.1) is 5.75 Å². The van der Waals surface area contributed by atoms with Crippen LogP contribution in [-0.2, 0) is 21.8 Å². The first-order chi connectivity index (χ1) is 14.8. The molecule has 0 fully saturated rings. The molecule has 2 amide bonds. The quantitative estimate of drug-likeness (QED) is 0.455. The number of hydrogen-bond donors (Lipinski definition) is 1. The van der Waals surface area contributed by atoms with Gasteiger partial charge in [-0.1, -0.05) is 66.5 Å². The van der Waals surface area contributed by atoms with Gasteiger partial charge in [0.15, 0.2) is 0 Å². The van der Waals surface area contributed by atoms with Crippen LogP contribution in [0.25, 0.3) is 0 Å². The summed E-state index contributed by atoms with van der Waals surface area (Å²) in [5, 5.41) is 4.13. The van der Waals surface area contributed by atoms with E-state index in [1.54, 1.807) is 17.0 Å². The Balaban J connectivity index is 2.07. The molecule has 4 nitrogen and oxygen atoms in total. The number of hydrogen-bond acceptors (Lipinski definition) is 3. The number of nitrogens with one attached hydrogen (secondary N) is 1. The van der Waals surface area contributed by atoms with Crippen molar-refractivity contribution in [1.82, 2.24) is 10.2 Å². The van der Waals surface area contributed by atoms with Crippen molar-refractivity contribution >= 4 is 46.8 Å². The highest BCUT2D eigenvalue weighted by Crippen LogP contribution is 2.25. The van der Waals surface area contributed by atoms with E-state index >= 15 is 0 Å². The van der Waals surface area contributed by atoms with Crippen molar-refractivity contribution in [2.45, 2.75) is 51.4 Å². The van der Waals surface area contributed by atoms with Gasteiger partial charge in [-0.3, -0.25) is 9.59 Å². The molecule has 168 valence electrons. The van der Waals surface area contributed by atoms with E-state index in [-0.39, 0.29) is 23.6 Å². The third-order valence-electron chi connectivity index (χ3n) is 4.80. The first-order valence-corrected chi connectivity index (χ1v) is 12.4. The largest absolute Gasteiger partial charge is 0.352 e. The Morgan fingerprint density at radius 2 is 1.81 bits per heavy atom. The first kappa shape index (κ1) is 25.6. The van der Waals surface area contributed by atoms with Crippen LogP contribution in [0.2, 0.25) is 10.0 Å². The molecule has 2 aromatic rings. The monoisotopic (exact) mass is 480 g/mol. The average molecular weight is 481 g/mol. The molecule has 0 spiro atoms. The molecular weight excluding hydrogens is 451 g/mol. The summed E-state index contributed by atoms with van der Waals surface area (Å²) in [6, 6.07) is 14.9. The summed E-state index contributed by atoms with van der Waals surface area (Å²) in [6.45, 7) is 6.28. The van der Waals surface area contributed by atoms with E-state index < -0.39 is 6.04 Å². The summed E-state index contributed by atoms with van der Waals surface area (Å²) < 4.78 is 0. The molecule has 2 rings (SSSR count). The molecule has 0 radical (unpaired) electrons. The second-order valence-electron chi connectivity index (χ2n) is 7.64. The average Bonchev–Trinajstić information content (AvgIpc) is 2.72. The lowest BCUT2D eigenvalue weighted by molar-refractivity contribution is -0.139. The minimum absolute atomic E-state index is 0.0223. The fraction of sp³-hybridized carbons (Fsp3) is 0.417. The molecule has 0 aliphatic carbocycles. The van der Waals surface area contributed by atoms with Gasteiger partial charge < -0.3 is 10.2 Å². The van der Waals surface area contributed by atoms with Gasteiger partial charge in [0.25, 0.3) is 0 Å². The highest BCUT2D eigenvalue weighted by Gasteiger charge is 2.28. The van der Waals surface area contributed by atoms with E-state index in [2.05, 4.69) is 5.32 Å². The molecule has 1 N–H and O–H groups in total. The summed E-state index contributed by atoms with van der Waals surface area (Å²) in [7, 11) is 0. The normalized spacial score (nSPS) is 11.9. The molecule has 1 unspecified atom stereocenters. The van der Waals surface area contributed by atoms with Crippen molar-refractivity contribution in [3.05, 3.63) is 69.7 Å². The number of carbonyl (C=O) groups is 2. The van der Waals surface area contributed by atoms with E-state index in [1.165, 1.54) is 11.8 Å². The van der Waals surface area contributed by atoms with E-state index in [0.29, 0.717) is 35.2 Å². The molecule has 0 aliphatic rings. The lowest BCUT2D eigenvalue weighted by Crippen LogP contribution is -2.51. The summed E-state index contributed by atoms with van der Waals surface area (Å²) in [6.07, 6.45) is 1.26. The van der Waals surface area contributed by atoms with E-state index in [4.69, 9.17) is 23.2 Å². The van der Waals surface area contributed by atoms with E-state index in [0.717, 1.165) is 11.1 Å². The van der Waals surface area contributed by atoms with Gasteiger partial charge >= 0.3 is 0 Å². The van der Waals surface area contributed by atoms with Gasteiger partial charge in [-0.05, 0) is 49.9 Å². The fourth-order valence-corrected chi connectivity index (χ4v) is 4.72. The number of halogens is 2. The van der Waals surface area contributed by atoms with Gasteiger partial charge in [-0.15, -0.1) is 11.8 Å². The number of benzene rings is 2. The summed E-state index contributed by atoms with van der Waals surface area (Å²) in [5.41, 5.74) is 2.07. The Morgan fingerprint density at radius 3 is 2.42 bits per heavy atom. The van der Waals surface area contributed by atoms with Crippen LogP contribution in [-0.4, -0.2) is 41.1 Å². The Bertz CT molecular complexity index is 862. The Kier molecular flexibility index (Phi) is 10.7. The van der Waals surface area contributed by atoms with Crippen LogP contribution in [0, 0.1) is 0 Å². The van der Waals surface area contributed by atoms with Crippen molar-refractivity contribution in [3.63, 3.8) is 0 Å². The Hall–Kier alpha value is -1.69. The molecule has 0 bridgehead atoms. The van der Waals surface area contributed by atoms with Crippen LogP contribution in [0.3, 0.4) is 0 Å². The molecule has 2 aromatic carbocycles. The molecule has 0 saturated carbocycles. The van der Waals surface area contributed by atoms with Crippen molar-refractivity contribution in [3.8, 4) is 0 Å². The predicted octanol–water partition coefficient (Wildman–Crippen LogP) is 5.60. The third kappa shape index (κ3) is 8.40. The third-order valence-corrected chi connectivity index (χ3v) is 6.35. The van der Waals surface area contributed by atoms with Crippen molar-refractivity contribution in [2.24, 2.45) is 0 Å². The highest BCUT2D eigenvalue weighted by molar-refractivity contribution is 7.99. The van der Waals surface area contributed by atoms with Gasteiger partial charge in [0.1, 0.15) is 6.04 Å². The molecule has 31 heavy (non-hydrogen) atoms.